The van der Waals surface area contributed by atoms with E-state index in [9.17, 15) is 5.11 Å². The van der Waals surface area contributed by atoms with Crippen LogP contribution in [-0.4, -0.2) is 28.7 Å². The second-order valence-corrected chi connectivity index (χ2v) is 5.41. The van der Waals surface area contributed by atoms with Gasteiger partial charge in [0, 0.05) is 12.6 Å². The number of aliphatic hydroxyl groups is 1. The fourth-order valence-electron chi connectivity index (χ4n) is 3.37. The van der Waals surface area contributed by atoms with Crippen LogP contribution in [0.25, 0.3) is 0 Å². The predicted molar refractivity (Wildman–Crippen MR) is 68.8 cm³/mol. The van der Waals surface area contributed by atoms with Crippen LogP contribution < -0.4 is 0 Å². The van der Waals surface area contributed by atoms with Gasteiger partial charge < -0.3 is 5.11 Å². The van der Waals surface area contributed by atoms with E-state index < -0.39 is 0 Å². The summed E-state index contributed by atoms with van der Waals surface area (Å²) in [6, 6.07) is 11.4. The van der Waals surface area contributed by atoms with Crippen LogP contribution in [0.1, 0.15) is 43.7 Å². The summed E-state index contributed by atoms with van der Waals surface area (Å²) < 4.78 is 0. The van der Waals surface area contributed by atoms with Gasteiger partial charge in [-0.1, -0.05) is 49.6 Å². The second-order valence-electron chi connectivity index (χ2n) is 5.41. The molecule has 1 N–H and O–H groups in total. The molecule has 1 aliphatic heterocycles. The van der Waals surface area contributed by atoms with Gasteiger partial charge in [0.2, 0.25) is 0 Å². The largest absolute Gasteiger partial charge is 0.390 e. The molecule has 0 radical (unpaired) electrons. The van der Waals surface area contributed by atoms with Crippen LogP contribution in [-0.2, 0) is 0 Å². The highest BCUT2D eigenvalue weighted by Crippen LogP contribution is 2.39. The van der Waals surface area contributed by atoms with Gasteiger partial charge in [0.25, 0.3) is 0 Å². The first-order chi connectivity index (χ1) is 8.36. The summed E-state index contributed by atoms with van der Waals surface area (Å²) in [7, 11) is 0. The molecule has 0 aromatic heterocycles. The molecule has 2 atom stereocenters. The minimum atomic E-state index is -0.167. The van der Waals surface area contributed by atoms with Crippen molar-refractivity contribution in [1.29, 1.82) is 0 Å². The van der Waals surface area contributed by atoms with Crippen LogP contribution in [0.5, 0.6) is 0 Å². The van der Waals surface area contributed by atoms with E-state index in [0.717, 1.165) is 6.54 Å². The zero-order chi connectivity index (χ0) is 11.7. The van der Waals surface area contributed by atoms with Gasteiger partial charge in [0.15, 0.2) is 0 Å². The molecular weight excluding hydrogens is 210 g/mol. The van der Waals surface area contributed by atoms with Crippen LogP contribution >= 0.6 is 0 Å². The van der Waals surface area contributed by atoms with E-state index >= 15 is 0 Å². The maximum atomic E-state index is 10.0. The SMILES string of the molecule is O[C@H]1CN(C2CCCCC2)[C@@H]1c1ccccc1. The van der Waals surface area contributed by atoms with Gasteiger partial charge in [0.05, 0.1) is 12.1 Å². The topological polar surface area (TPSA) is 23.5 Å². The third kappa shape index (κ3) is 2.12. The molecule has 92 valence electrons. The third-order valence-electron chi connectivity index (χ3n) is 4.30. The number of aliphatic hydroxyl groups excluding tert-OH is 1. The zero-order valence-corrected chi connectivity index (χ0v) is 10.3. The van der Waals surface area contributed by atoms with E-state index in [1.54, 1.807) is 0 Å². The van der Waals surface area contributed by atoms with Crippen LogP contribution in [0, 0.1) is 0 Å². The Labute approximate surface area is 103 Å². The summed E-state index contributed by atoms with van der Waals surface area (Å²) in [4.78, 5) is 2.51. The molecule has 0 bridgehead atoms. The van der Waals surface area contributed by atoms with Crippen LogP contribution in [0.2, 0.25) is 0 Å². The molecule has 3 rings (SSSR count). The zero-order valence-electron chi connectivity index (χ0n) is 10.3. The van der Waals surface area contributed by atoms with E-state index in [4.69, 9.17) is 0 Å². The predicted octanol–water partition coefficient (Wildman–Crippen LogP) is 2.74. The van der Waals surface area contributed by atoms with E-state index in [0.29, 0.717) is 6.04 Å². The molecule has 0 spiro atoms. The highest BCUT2D eigenvalue weighted by Gasteiger charge is 2.42. The van der Waals surface area contributed by atoms with Crippen molar-refractivity contribution in [2.75, 3.05) is 6.54 Å². The van der Waals surface area contributed by atoms with Gasteiger partial charge in [-0.2, -0.15) is 0 Å². The Kier molecular flexibility index (Phi) is 3.17. The average Bonchev–Trinajstić information content (AvgIpc) is 2.38. The first-order valence-electron chi connectivity index (χ1n) is 6.85. The normalized spacial score (nSPS) is 31.1. The number of likely N-dealkylation sites (tertiary alicyclic amines) is 1. The lowest BCUT2D eigenvalue weighted by molar-refractivity contribution is -0.0944. The molecule has 1 saturated carbocycles. The lowest BCUT2D eigenvalue weighted by Crippen LogP contribution is -2.58. The Balaban J connectivity index is 1.74. The highest BCUT2D eigenvalue weighted by atomic mass is 16.3. The maximum absolute atomic E-state index is 10.0. The second kappa shape index (κ2) is 4.79. The monoisotopic (exact) mass is 231 g/mol. The number of hydrogen-bond acceptors (Lipinski definition) is 2. The van der Waals surface area contributed by atoms with E-state index in [-0.39, 0.29) is 12.1 Å². The number of β-amino-alcohol motifs (C(OH)–C–C–N with tert-alkyl or cyclic N) is 1. The smallest absolute Gasteiger partial charge is 0.0864 e. The van der Waals surface area contributed by atoms with Gasteiger partial charge in [0.1, 0.15) is 0 Å². The standard InChI is InChI=1S/C15H21NO/c17-14-11-16(13-9-5-2-6-10-13)15(14)12-7-3-1-4-8-12/h1,3-4,7-8,13-15,17H,2,5-6,9-11H2/t14-,15+/m0/s1. The molecule has 1 aromatic carbocycles. The number of benzene rings is 1. The van der Waals surface area contributed by atoms with Gasteiger partial charge in [-0.15, -0.1) is 0 Å². The molecule has 2 aliphatic rings. The van der Waals surface area contributed by atoms with Crippen molar-refractivity contribution in [1.82, 2.24) is 4.90 Å². The number of hydrogen-bond donors (Lipinski definition) is 1. The lowest BCUT2D eigenvalue weighted by atomic mass is 9.85. The van der Waals surface area contributed by atoms with Crippen LogP contribution in [0.4, 0.5) is 0 Å². The quantitative estimate of drug-likeness (QED) is 0.846. The third-order valence-corrected chi connectivity index (χ3v) is 4.30. The van der Waals surface area contributed by atoms with Crippen molar-refractivity contribution in [2.45, 2.75) is 50.3 Å². The molecule has 17 heavy (non-hydrogen) atoms. The number of rotatable bonds is 2. The summed E-state index contributed by atoms with van der Waals surface area (Å²) in [5.41, 5.74) is 1.27. The molecule has 1 aliphatic carbocycles. The van der Waals surface area contributed by atoms with Crippen LogP contribution in [0.15, 0.2) is 30.3 Å². The highest BCUT2D eigenvalue weighted by molar-refractivity contribution is 5.23. The van der Waals surface area contributed by atoms with Gasteiger partial charge in [-0.25, -0.2) is 0 Å². The Morgan fingerprint density at radius 2 is 1.71 bits per heavy atom. The molecule has 2 fully saturated rings. The minimum Gasteiger partial charge on any atom is -0.390 e. The lowest BCUT2D eigenvalue weighted by Gasteiger charge is -2.51. The van der Waals surface area contributed by atoms with Gasteiger partial charge >= 0.3 is 0 Å². The van der Waals surface area contributed by atoms with Crippen molar-refractivity contribution in [3.63, 3.8) is 0 Å². The summed E-state index contributed by atoms with van der Waals surface area (Å²) in [6.45, 7) is 0.865. The Morgan fingerprint density at radius 3 is 2.35 bits per heavy atom. The number of nitrogens with zero attached hydrogens (tertiary/aromatic N) is 1. The Bertz CT molecular complexity index is 358. The van der Waals surface area contributed by atoms with Gasteiger partial charge in [-0.05, 0) is 18.4 Å². The summed E-state index contributed by atoms with van der Waals surface area (Å²) >= 11 is 0. The van der Waals surface area contributed by atoms with Crippen molar-refractivity contribution >= 4 is 0 Å². The molecular formula is C15H21NO. The molecule has 1 aromatic rings. The Hall–Kier alpha value is -0.860. The van der Waals surface area contributed by atoms with Crippen molar-refractivity contribution in [3.05, 3.63) is 35.9 Å². The van der Waals surface area contributed by atoms with E-state index in [1.165, 1.54) is 37.7 Å². The Morgan fingerprint density at radius 1 is 1.00 bits per heavy atom. The van der Waals surface area contributed by atoms with Crippen molar-refractivity contribution in [2.24, 2.45) is 0 Å². The average molecular weight is 231 g/mol. The van der Waals surface area contributed by atoms with Crippen molar-refractivity contribution < 1.29 is 5.11 Å². The fourth-order valence-corrected chi connectivity index (χ4v) is 3.37. The summed E-state index contributed by atoms with van der Waals surface area (Å²) in [5, 5.41) is 10.0. The molecule has 0 unspecified atom stereocenters. The van der Waals surface area contributed by atoms with Gasteiger partial charge in [-0.3, -0.25) is 4.90 Å². The molecule has 2 nitrogen and oxygen atoms in total. The first-order valence-corrected chi connectivity index (χ1v) is 6.85. The molecule has 0 amide bonds. The van der Waals surface area contributed by atoms with Crippen LogP contribution in [0.3, 0.4) is 0 Å². The fraction of sp³-hybridized carbons (Fsp3) is 0.600. The summed E-state index contributed by atoms with van der Waals surface area (Å²) in [5.74, 6) is 0. The molecule has 1 saturated heterocycles. The van der Waals surface area contributed by atoms with E-state index in [1.807, 2.05) is 6.07 Å². The first kappa shape index (κ1) is 11.2. The molecule has 2 heteroatoms. The minimum absolute atomic E-state index is 0.167. The molecule has 1 heterocycles. The van der Waals surface area contributed by atoms with E-state index in [2.05, 4.69) is 29.2 Å². The maximum Gasteiger partial charge on any atom is 0.0864 e. The van der Waals surface area contributed by atoms with Crippen molar-refractivity contribution in [3.8, 4) is 0 Å². The summed E-state index contributed by atoms with van der Waals surface area (Å²) in [6.07, 6.45) is 6.58.